The third-order valence-electron chi connectivity index (χ3n) is 0. The number of hydrogen-bond donors (Lipinski definition) is 0. The Morgan fingerprint density at radius 2 is 0.600 bits per heavy atom. The van der Waals surface area contributed by atoms with Gasteiger partial charge in [0, 0.05) is 0 Å². The summed E-state index contributed by atoms with van der Waals surface area (Å²) in [5.74, 6) is 0. The molecule has 0 atom stereocenters. The largest absolute Gasteiger partial charge is 4.00 e. The fraction of sp³-hybridized carbons (Fsp3) is 0. The van der Waals surface area contributed by atoms with Gasteiger partial charge in [-0.2, -0.15) is 0 Å². The van der Waals surface area contributed by atoms with E-state index in [-0.39, 0.29) is 54.3 Å². The molecule has 0 rings (SSSR count). The maximum Gasteiger partial charge on any atom is 4.00 e. The van der Waals surface area contributed by atoms with Gasteiger partial charge in [0.25, 0.3) is 0 Å². The van der Waals surface area contributed by atoms with Gasteiger partial charge in [-0.15, -0.1) is 0 Å². The Labute approximate surface area is 54.5 Å². The zero-order chi connectivity index (χ0) is 0. The van der Waals surface area contributed by atoms with Crippen molar-refractivity contribution in [3.05, 3.63) is 0 Å². The molecule has 0 bridgehead atoms. The molecule has 5 heteroatoms. The zero-order valence-corrected chi connectivity index (χ0v) is 5.19. The van der Waals surface area contributed by atoms with E-state index in [1.54, 1.807) is 0 Å². The maximum absolute atomic E-state index is 0. The molecule has 0 unspecified atom stereocenters. The summed E-state index contributed by atoms with van der Waals surface area (Å²) in [5, 5.41) is 0. The van der Waals surface area contributed by atoms with Gasteiger partial charge in [-0.3, -0.25) is 0 Å². The molecule has 37 valence electrons. The summed E-state index contributed by atoms with van der Waals surface area (Å²) in [7, 11) is 0. The molecule has 0 aliphatic heterocycles. The molecular formula is CoO3Pt. The van der Waals surface area contributed by atoms with Crippen LogP contribution in [0.2, 0.25) is 0 Å². The van der Waals surface area contributed by atoms with Crippen LogP contribution in [0.4, 0.5) is 0 Å². The van der Waals surface area contributed by atoms with Gasteiger partial charge in [0.15, 0.2) is 0 Å². The van der Waals surface area contributed by atoms with E-state index in [2.05, 4.69) is 0 Å². The maximum atomic E-state index is 0. The molecule has 5 heavy (non-hydrogen) atoms. The first-order valence-electron chi connectivity index (χ1n) is 0. The Kier molecular flexibility index (Phi) is 1980. The summed E-state index contributed by atoms with van der Waals surface area (Å²) in [6.07, 6.45) is 0. The smallest absolute Gasteiger partial charge is 2.00 e. The molecule has 0 spiro atoms. The standard InChI is InChI=1S/Co.3O.Pt/q+2;3*-2;+4. The summed E-state index contributed by atoms with van der Waals surface area (Å²) in [4.78, 5) is 0. The summed E-state index contributed by atoms with van der Waals surface area (Å²) in [5.41, 5.74) is 0. The van der Waals surface area contributed by atoms with E-state index < -0.39 is 0 Å². The van der Waals surface area contributed by atoms with Gasteiger partial charge in [0.1, 0.15) is 0 Å². The summed E-state index contributed by atoms with van der Waals surface area (Å²) in [6.45, 7) is 0. The van der Waals surface area contributed by atoms with E-state index in [0.29, 0.717) is 0 Å². The third kappa shape index (κ3) is 41.5. The van der Waals surface area contributed by atoms with Crippen LogP contribution in [-0.2, 0) is 54.3 Å². The van der Waals surface area contributed by atoms with Crippen molar-refractivity contribution >= 4 is 0 Å². The van der Waals surface area contributed by atoms with Crippen LogP contribution in [0.5, 0.6) is 0 Å². The van der Waals surface area contributed by atoms with Crippen LogP contribution in [0.25, 0.3) is 0 Å². The Bertz CT molecular complexity index is 6.85. The van der Waals surface area contributed by atoms with Crippen LogP contribution in [0, 0.1) is 0 Å². The normalized spacial score (nSPS) is 0. The van der Waals surface area contributed by atoms with Crippen molar-refractivity contribution < 1.29 is 54.3 Å². The van der Waals surface area contributed by atoms with Crippen LogP contribution in [0.15, 0.2) is 0 Å². The van der Waals surface area contributed by atoms with E-state index in [0.717, 1.165) is 0 Å². The molecule has 3 nitrogen and oxygen atoms in total. The van der Waals surface area contributed by atoms with Gasteiger partial charge >= 0.3 is 37.8 Å². The fourth-order valence-corrected chi connectivity index (χ4v) is 0. The van der Waals surface area contributed by atoms with Gasteiger partial charge in [0.2, 0.25) is 0 Å². The van der Waals surface area contributed by atoms with Crippen LogP contribution < -0.4 is 0 Å². The molecule has 0 aromatic heterocycles. The number of hydrogen-bond acceptors (Lipinski definition) is 0. The second-order valence-corrected chi connectivity index (χ2v) is 0. The Balaban J connectivity index is 0. The molecule has 0 aliphatic rings. The third-order valence-corrected chi connectivity index (χ3v) is 0. The molecule has 0 aliphatic carbocycles. The molecule has 1 radical (unpaired) electrons. The Hall–Kier alpha value is 1.07. The van der Waals surface area contributed by atoms with Gasteiger partial charge in [-0.05, 0) is 0 Å². The van der Waals surface area contributed by atoms with Crippen molar-refractivity contribution in [2.75, 3.05) is 0 Å². The second kappa shape index (κ2) is 72.9. The summed E-state index contributed by atoms with van der Waals surface area (Å²) >= 11 is 0. The molecule has 0 N–H and O–H groups in total. The van der Waals surface area contributed by atoms with Crippen molar-refractivity contribution in [1.82, 2.24) is 0 Å². The van der Waals surface area contributed by atoms with Crippen LogP contribution in [0.3, 0.4) is 0 Å². The van der Waals surface area contributed by atoms with E-state index in [1.165, 1.54) is 0 Å². The summed E-state index contributed by atoms with van der Waals surface area (Å²) in [6, 6.07) is 0. The predicted octanol–water partition coefficient (Wildman–Crippen LogP) is -0.361. The monoisotopic (exact) mass is 302 g/mol. The van der Waals surface area contributed by atoms with Gasteiger partial charge in [-0.1, -0.05) is 0 Å². The topological polar surface area (TPSA) is 85.5 Å². The van der Waals surface area contributed by atoms with E-state index in [9.17, 15) is 0 Å². The first kappa shape index (κ1) is 135. The molecule has 0 fully saturated rings. The molecule has 0 amide bonds. The van der Waals surface area contributed by atoms with Crippen LogP contribution >= 0.6 is 0 Å². The average Bonchev–Trinajstić information content (AvgIpc) is 0. The SMILES string of the molecule is [Co+2].[O-2].[O-2].[O-2].[Pt+4]. The first-order chi connectivity index (χ1) is 0. The van der Waals surface area contributed by atoms with E-state index in [4.69, 9.17) is 0 Å². The van der Waals surface area contributed by atoms with Gasteiger partial charge < -0.3 is 16.4 Å². The predicted molar refractivity (Wildman–Crippen MR) is 2.06 cm³/mol. The molecule has 0 saturated carbocycles. The number of rotatable bonds is 0. The van der Waals surface area contributed by atoms with Crippen molar-refractivity contribution in [1.29, 1.82) is 0 Å². The minimum Gasteiger partial charge on any atom is -2.00 e. The van der Waals surface area contributed by atoms with E-state index >= 15 is 0 Å². The molecule has 0 heterocycles. The van der Waals surface area contributed by atoms with Crippen molar-refractivity contribution in [2.24, 2.45) is 0 Å². The van der Waals surface area contributed by atoms with E-state index in [1.807, 2.05) is 0 Å². The van der Waals surface area contributed by atoms with Crippen molar-refractivity contribution in [2.45, 2.75) is 0 Å². The summed E-state index contributed by atoms with van der Waals surface area (Å²) < 4.78 is 0. The fourth-order valence-electron chi connectivity index (χ4n) is 0. The molecule has 0 saturated heterocycles. The van der Waals surface area contributed by atoms with Crippen molar-refractivity contribution in [3.8, 4) is 0 Å². The molecular weight excluding hydrogens is 302 g/mol. The zero-order valence-electron chi connectivity index (χ0n) is 1.87. The Morgan fingerprint density at radius 1 is 0.600 bits per heavy atom. The Morgan fingerprint density at radius 3 is 0.600 bits per heavy atom. The average molecular weight is 302 g/mol. The van der Waals surface area contributed by atoms with Crippen molar-refractivity contribution in [3.63, 3.8) is 0 Å². The second-order valence-electron chi connectivity index (χ2n) is 0. The minimum atomic E-state index is 0. The van der Waals surface area contributed by atoms with Crippen LogP contribution in [0.1, 0.15) is 0 Å². The minimum absolute atomic E-state index is 0. The van der Waals surface area contributed by atoms with Gasteiger partial charge in [-0.25, -0.2) is 0 Å². The first-order valence-corrected chi connectivity index (χ1v) is 0. The van der Waals surface area contributed by atoms with Gasteiger partial charge in [0.05, 0.1) is 0 Å². The molecule has 0 aromatic carbocycles. The van der Waals surface area contributed by atoms with Crippen LogP contribution in [-0.4, -0.2) is 0 Å². The molecule has 0 aromatic rings. The quantitative estimate of drug-likeness (QED) is 0.585.